The van der Waals surface area contributed by atoms with Gasteiger partial charge in [-0.1, -0.05) is 48.5 Å². The van der Waals surface area contributed by atoms with Gasteiger partial charge in [0.2, 0.25) is 5.79 Å². The van der Waals surface area contributed by atoms with Crippen LogP contribution < -0.4 is 4.74 Å². The van der Waals surface area contributed by atoms with Crippen LogP contribution in [0.2, 0.25) is 0 Å². The van der Waals surface area contributed by atoms with Crippen LogP contribution in [0.15, 0.2) is 60.7 Å². The third-order valence-electron chi connectivity index (χ3n) is 4.33. The minimum Gasteiger partial charge on any atom is -0.497 e. The lowest BCUT2D eigenvalue weighted by atomic mass is 9.89. The Morgan fingerprint density at radius 2 is 1.69 bits per heavy atom. The number of methoxy groups -OCH3 is 2. The molecule has 0 aliphatic carbocycles. The standard InChI is InChI=1S/C21H22O5/c1-23-18-10-8-17(9-11-18)19(20(22)24-2)21(25-14-15-26-21)13-12-16-6-4-3-5-7-16/h3-13,19H,14-15H2,1-2H3/b13-12+/t19-/m1/s1. The second-order valence-corrected chi connectivity index (χ2v) is 5.89. The zero-order valence-corrected chi connectivity index (χ0v) is 14.9. The van der Waals surface area contributed by atoms with Gasteiger partial charge in [0.15, 0.2) is 0 Å². The number of benzene rings is 2. The van der Waals surface area contributed by atoms with E-state index in [1.165, 1.54) is 7.11 Å². The Morgan fingerprint density at radius 3 is 2.27 bits per heavy atom. The highest BCUT2D eigenvalue weighted by Gasteiger charge is 2.48. The van der Waals surface area contributed by atoms with E-state index < -0.39 is 17.7 Å². The predicted octanol–water partition coefficient (Wildman–Crippen LogP) is 3.41. The fourth-order valence-electron chi connectivity index (χ4n) is 3.03. The summed E-state index contributed by atoms with van der Waals surface area (Å²) in [7, 11) is 2.96. The van der Waals surface area contributed by atoms with E-state index in [1.807, 2.05) is 48.5 Å². The van der Waals surface area contributed by atoms with Crippen molar-refractivity contribution in [1.82, 2.24) is 0 Å². The molecule has 26 heavy (non-hydrogen) atoms. The Kier molecular flexibility index (Phi) is 5.71. The van der Waals surface area contributed by atoms with Crippen LogP contribution in [-0.4, -0.2) is 39.2 Å². The molecule has 0 aromatic heterocycles. The molecule has 1 aliphatic rings. The molecule has 136 valence electrons. The topological polar surface area (TPSA) is 54.0 Å². The van der Waals surface area contributed by atoms with Crippen LogP contribution >= 0.6 is 0 Å². The zero-order valence-electron chi connectivity index (χ0n) is 14.9. The summed E-state index contributed by atoms with van der Waals surface area (Å²) in [5, 5.41) is 0. The van der Waals surface area contributed by atoms with Gasteiger partial charge in [-0.2, -0.15) is 0 Å². The lowest BCUT2D eigenvalue weighted by Gasteiger charge is -2.31. The van der Waals surface area contributed by atoms with E-state index in [0.717, 1.165) is 11.1 Å². The van der Waals surface area contributed by atoms with E-state index in [2.05, 4.69) is 0 Å². The Hall–Kier alpha value is -2.63. The molecule has 1 saturated heterocycles. The van der Waals surface area contributed by atoms with Crippen molar-refractivity contribution in [2.24, 2.45) is 0 Å². The van der Waals surface area contributed by atoms with Crippen LogP contribution in [0.25, 0.3) is 6.08 Å². The van der Waals surface area contributed by atoms with E-state index >= 15 is 0 Å². The van der Waals surface area contributed by atoms with E-state index in [4.69, 9.17) is 18.9 Å². The van der Waals surface area contributed by atoms with Gasteiger partial charge in [0.05, 0.1) is 27.4 Å². The molecule has 0 saturated carbocycles. The van der Waals surface area contributed by atoms with Gasteiger partial charge < -0.3 is 18.9 Å². The summed E-state index contributed by atoms with van der Waals surface area (Å²) in [5.41, 5.74) is 1.72. The number of carbonyl (C=O) groups is 1. The molecule has 5 heteroatoms. The van der Waals surface area contributed by atoms with Crippen molar-refractivity contribution in [3.05, 3.63) is 71.8 Å². The Bertz CT molecular complexity index is 746. The molecule has 0 bridgehead atoms. The maximum Gasteiger partial charge on any atom is 0.319 e. The van der Waals surface area contributed by atoms with Crippen LogP contribution in [-0.2, 0) is 19.0 Å². The minimum absolute atomic E-state index is 0.406. The molecule has 1 fully saturated rings. The average molecular weight is 354 g/mol. The molecule has 0 N–H and O–H groups in total. The first-order valence-corrected chi connectivity index (χ1v) is 8.42. The molecule has 2 aromatic rings. The van der Waals surface area contributed by atoms with Crippen molar-refractivity contribution in [3.63, 3.8) is 0 Å². The van der Waals surface area contributed by atoms with Crippen molar-refractivity contribution in [3.8, 4) is 5.75 Å². The van der Waals surface area contributed by atoms with Crippen molar-refractivity contribution < 1.29 is 23.7 Å². The first kappa shape index (κ1) is 18.2. The summed E-state index contributed by atoms with van der Waals surface area (Å²) in [6.45, 7) is 0.811. The molecule has 1 heterocycles. The highest BCUT2D eigenvalue weighted by Crippen LogP contribution is 2.39. The molecule has 5 nitrogen and oxygen atoms in total. The number of carbonyl (C=O) groups excluding carboxylic acids is 1. The third-order valence-corrected chi connectivity index (χ3v) is 4.33. The molecular weight excluding hydrogens is 332 g/mol. The number of hydrogen-bond donors (Lipinski definition) is 0. The van der Waals surface area contributed by atoms with Crippen LogP contribution in [0.1, 0.15) is 17.0 Å². The Morgan fingerprint density at radius 1 is 1.04 bits per heavy atom. The second-order valence-electron chi connectivity index (χ2n) is 5.89. The third kappa shape index (κ3) is 3.79. The summed E-state index contributed by atoms with van der Waals surface area (Å²) in [4.78, 5) is 12.6. The van der Waals surface area contributed by atoms with Crippen LogP contribution in [0.3, 0.4) is 0 Å². The molecule has 2 aromatic carbocycles. The highest BCUT2D eigenvalue weighted by molar-refractivity contribution is 5.80. The van der Waals surface area contributed by atoms with Crippen LogP contribution in [0.4, 0.5) is 0 Å². The maximum absolute atomic E-state index is 12.6. The minimum atomic E-state index is -1.21. The lowest BCUT2D eigenvalue weighted by Crippen LogP contribution is -2.40. The summed E-state index contributed by atoms with van der Waals surface area (Å²) in [5.74, 6) is -1.67. The normalized spacial score (nSPS) is 17.2. The zero-order chi connectivity index (χ0) is 18.4. The highest BCUT2D eigenvalue weighted by atomic mass is 16.7. The van der Waals surface area contributed by atoms with Crippen molar-refractivity contribution in [2.75, 3.05) is 27.4 Å². The molecule has 1 aliphatic heterocycles. The van der Waals surface area contributed by atoms with E-state index in [9.17, 15) is 4.79 Å². The SMILES string of the molecule is COC(=O)[C@@H](c1ccc(OC)cc1)C1(/C=C/c2ccccc2)OCCO1. The summed E-state index contributed by atoms with van der Waals surface area (Å²) in [6.07, 6.45) is 3.69. The molecular formula is C21H22O5. The van der Waals surface area contributed by atoms with E-state index in [0.29, 0.717) is 19.0 Å². The van der Waals surface area contributed by atoms with Crippen molar-refractivity contribution >= 4 is 12.0 Å². The molecule has 0 radical (unpaired) electrons. The van der Waals surface area contributed by atoms with Gasteiger partial charge in [-0.15, -0.1) is 0 Å². The second kappa shape index (κ2) is 8.17. The van der Waals surface area contributed by atoms with Gasteiger partial charge in [-0.05, 0) is 29.3 Å². The number of ether oxygens (including phenoxy) is 4. The largest absolute Gasteiger partial charge is 0.497 e. The summed E-state index contributed by atoms with van der Waals surface area (Å²) in [6, 6.07) is 17.0. The Balaban J connectivity index is 2.00. The summed E-state index contributed by atoms with van der Waals surface area (Å²) >= 11 is 0. The summed E-state index contributed by atoms with van der Waals surface area (Å²) < 4.78 is 22.1. The number of hydrogen-bond acceptors (Lipinski definition) is 5. The van der Waals surface area contributed by atoms with Crippen LogP contribution in [0.5, 0.6) is 5.75 Å². The van der Waals surface area contributed by atoms with E-state index in [-0.39, 0.29) is 0 Å². The van der Waals surface area contributed by atoms with E-state index in [1.54, 1.807) is 25.3 Å². The average Bonchev–Trinajstić information content (AvgIpc) is 3.17. The molecule has 0 amide bonds. The quantitative estimate of drug-likeness (QED) is 0.744. The van der Waals surface area contributed by atoms with Gasteiger partial charge in [-0.3, -0.25) is 4.79 Å². The predicted molar refractivity (Wildman–Crippen MR) is 97.9 cm³/mol. The smallest absolute Gasteiger partial charge is 0.319 e. The maximum atomic E-state index is 12.6. The number of esters is 1. The fourth-order valence-corrected chi connectivity index (χ4v) is 3.03. The molecule has 0 unspecified atom stereocenters. The van der Waals surface area contributed by atoms with Gasteiger partial charge in [0.1, 0.15) is 11.7 Å². The van der Waals surface area contributed by atoms with Gasteiger partial charge in [0, 0.05) is 0 Å². The fraction of sp³-hybridized carbons (Fsp3) is 0.286. The first-order chi connectivity index (χ1) is 12.7. The van der Waals surface area contributed by atoms with Crippen molar-refractivity contribution in [2.45, 2.75) is 11.7 Å². The van der Waals surface area contributed by atoms with Gasteiger partial charge in [0.25, 0.3) is 0 Å². The monoisotopic (exact) mass is 354 g/mol. The van der Waals surface area contributed by atoms with Crippen LogP contribution in [0, 0.1) is 0 Å². The van der Waals surface area contributed by atoms with Gasteiger partial charge in [-0.25, -0.2) is 0 Å². The Labute approximate surface area is 153 Å². The van der Waals surface area contributed by atoms with Gasteiger partial charge >= 0.3 is 5.97 Å². The molecule has 0 spiro atoms. The van der Waals surface area contributed by atoms with Crippen molar-refractivity contribution in [1.29, 1.82) is 0 Å². The lowest BCUT2D eigenvalue weighted by molar-refractivity contribution is -0.170. The number of rotatable bonds is 6. The molecule has 1 atom stereocenters. The first-order valence-electron chi connectivity index (χ1n) is 8.42. The molecule has 3 rings (SSSR count).